The summed E-state index contributed by atoms with van der Waals surface area (Å²) in [4.78, 5) is 21.9. The lowest BCUT2D eigenvalue weighted by Gasteiger charge is -2.32. The number of nitrogens with one attached hydrogen (secondary N) is 1. The Morgan fingerprint density at radius 2 is 2.29 bits per heavy atom. The van der Waals surface area contributed by atoms with Gasteiger partial charge in [0.25, 0.3) is 11.6 Å². The Morgan fingerprint density at radius 3 is 2.76 bits per heavy atom. The highest BCUT2D eigenvalue weighted by atomic mass is 16.6. The minimum absolute atomic E-state index is 0.0806. The van der Waals surface area contributed by atoms with Crippen LogP contribution in [0, 0.1) is 10.1 Å². The topological polar surface area (TPSA) is 103 Å². The minimum Gasteiger partial charge on any atom is -0.348 e. The van der Waals surface area contributed by atoms with Gasteiger partial charge in [-0.3, -0.25) is 14.9 Å². The fraction of sp³-hybridized carbons (Fsp3) is 0.500. The van der Waals surface area contributed by atoms with Crippen molar-refractivity contribution in [3.8, 4) is 0 Å². The number of aryl methyl sites for hydroxylation is 1. The van der Waals surface area contributed by atoms with E-state index in [4.69, 9.17) is 5.73 Å². The van der Waals surface area contributed by atoms with E-state index in [2.05, 4.69) is 5.32 Å². The van der Waals surface area contributed by atoms with Gasteiger partial charge in [0.2, 0.25) is 0 Å². The molecule has 2 rings (SSSR count). The highest BCUT2D eigenvalue weighted by Crippen LogP contribution is 2.19. The number of amides is 1. The van der Waals surface area contributed by atoms with Gasteiger partial charge in [-0.1, -0.05) is 0 Å². The number of hydrogen-bond donors (Lipinski definition) is 2. The van der Waals surface area contributed by atoms with Gasteiger partial charge in [-0.15, -0.1) is 0 Å². The molecular weight excluding hydrogens is 224 g/mol. The molecule has 1 aromatic rings. The molecule has 0 aromatic carbocycles. The van der Waals surface area contributed by atoms with E-state index in [9.17, 15) is 14.9 Å². The number of nitrogens with zero attached hydrogens (tertiary/aromatic N) is 2. The fourth-order valence-corrected chi connectivity index (χ4v) is 1.91. The Labute approximate surface area is 97.7 Å². The van der Waals surface area contributed by atoms with Gasteiger partial charge in [-0.05, 0) is 12.8 Å². The molecule has 0 bridgehead atoms. The molecule has 1 fully saturated rings. The van der Waals surface area contributed by atoms with Gasteiger partial charge in [-0.25, -0.2) is 0 Å². The fourth-order valence-electron chi connectivity index (χ4n) is 1.91. The first kappa shape index (κ1) is 11.6. The van der Waals surface area contributed by atoms with Crippen LogP contribution in [0.1, 0.15) is 23.3 Å². The number of aromatic nitrogens is 1. The summed E-state index contributed by atoms with van der Waals surface area (Å²) >= 11 is 0. The Kier molecular flexibility index (Phi) is 2.84. The summed E-state index contributed by atoms with van der Waals surface area (Å²) in [6.07, 6.45) is 2.85. The molecule has 7 nitrogen and oxygen atoms in total. The molecule has 92 valence electrons. The molecule has 1 saturated carbocycles. The van der Waals surface area contributed by atoms with Crippen molar-refractivity contribution in [2.75, 3.05) is 0 Å². The second kappa shape index (κ2) is 4.17. The molecule has 1 heterocycles. The van der Waals surface area contributed by atoms with Crippen LogP contribution in [0.25, 0.3) is 0 Å². The quantitative estimate of drug-likeness (QED) is 0.578. The van der Waals surface area contributed by atoms with E-state index in [0.717, 1.165) is 12.8 Å². The average molecular weight is 238 g/mol. The number of rotatable bonds is 3. The minimum atomic E-state index is -0.518. The Morgan fingerprint density at radius 1 is 1.65 bits per heavy atom. The van der Waals surface area contributed by atoms with Crippen LogP contribution in [-0.4, -0.2) is 27.5 Å². The molecule has 0 radical (unpaired) electrons. The van der Waals surface area contributed by atoms with Crippen LogP contribution in [-0.2, 0) is 7.05 Å². The van der Waals surface area contributed by atoms with Crippen molar-refractivity contribution in [2.45, 2.75) is 24.9 Å². The summed E-state index contributed by atoms with van der Waals surface area (Å²) in [6.45, 7) is 0. The molecule has 0 atom stereocenters. The van der Waals surface area contributed by atoms with Crippen LogP contribution < -0.4 is 11.1 Å². The maximum absolute atomic E-state index is 11.8. The maximum Gasteiger partial charge on any atom is 0.287 e. The monoisotopic (exact) mass is 238 g/mol. The van der Waals surface area contributed by atoms with Gasteiger partial charge in [0, 0.05) is 25.2 Å². The third-order valence-corrected chi connectivity index (χ3v) is 2.94. The number of carbonyl (C=O) groups excluding carboxylic acids is 1. The molecule has 1 aliphatic rings. The highest BCUT2D eigenvalue weighted by Gasteiger charge is 2.28. The zero-order valence-corrected chi connectivity index (χ0v) is 9.42. The summed E-state index contributed by atoms with van der Waals surface area (Å²) < 4.78 is 1.45. The SMILES string of the molecule is Cn1cc([N+](=O)[O-])cc1C(=O)NC1CC(N)C1. The van der Waals surface area contributed by atoms with Crippen LogP contribution in [0.15, 0.2) is 12.3 Å². The normalized spacial score (nSPS) is 22.9. The second-order valence-electron chi connectivity index (χ2n) is 4.35. The van der Waals surface area contributed by atoms with Gasteiger partial charge in [-0.2, -0.15) is 0 Å². The Bertz CT molecular complexity index is 462. The molecule has 0 saturated heterocycles. The average Bonchev–Trinajstić information content (AvgIpc) is 2.58. The molecule has 0 aliphatic heterocycles. The summed E-state index contributed by atoms with van der Waals surface area (Å²) in [5.74, 6) is -0.294. The molecule has 17 heavy (non-hydrogen) atoms. The lowest BCUT2D eigenvalue weighted by molar-refractivity contribution is -0.384. The maximum atomic E-state index is 11.8. The summed E-state index contributed by atoms with van der Waals surface area (Å²) in [5, 5.41) is 13.4. The zero-order valence-electron chi connectivity index (χ0n) is 9.42. The Hall–Kier alpha value is -1.89. The summed E-state index contributed by atoms with van der Waals surface area (Å²) in [5.41, 5.74) is 5.82. The van der Waals surface area contributed by atoms with Crippen molar-refractivity contribution in [3.63, 3.8) is 0 Å². The first-order valence-electron chi connectivity index (χ1n) is 5.34. The smallest absolute Gasteiger partial charge is 0.287 e. The van der Waals surface area contributed by atoms with E-state index in [1.807, 2.05) is 0 Å². The predicted octanol–water partition coefficient (Wildman–Crippen LogP) is 0.153. The number of hydrogen-bond acceptors (Lipinski definition) is 4. The van der Waals surface area contributed by atoms with Crippen molar-refractivity contribution in [2.24, 2.45) is 12.8 Å². The standard InChI is InChI=1S/C10H14N4O3/c1-13-5-8(14(16)17)4-9(13)10(15)12-7-2-6(11)3-7/h4-7H,2-3,11H2,1H3,(H,12,15). The lowest BCUT2D eigenvalue weighted by atomic mass is 9.87. The largest absolute Gasteiger partial charge is 0.348 e. The highest BCUT2D eigenvalue weighted by molar-refractivity contribution is 5.93. The molecular formula is C10H14N4O3. The number of nitro groups is 1. The van der Waals surface area contributed by atoms with Gasteiger partial charge >= 0.3 is 0 Å². The third-order valence-electron chi connectivity index (χ3n) is 2.94. The summed E-state index contributed by atoms with van der Waals surface area (Å²) in [6, 6.07) is 1.52. The predicted molar refractivity (Wildman–Crippen MR) is 60.5 cm³/mol. The van der Waals surface area contributed by atoms with Crippen molar-refractivity contribution in [1.82, 2.24) is 9.88 Å². The van der Waals surface area contributed by atoms with Crippen molar-refractivity contribution in [1.29, 1.82) is 0 Å². The zero-order chi connectivity index (χ0) is 12.6. The van der Waals surface area contributed by atoms with Gasteiger partial charge in [0.15, 0.2) is 0 Å². The lowest BCUT2D eigenvalue weighted by Crippen LogP contribution is -2.50. The first-order valence-corrected chi connectivity index (χ1v) is 5.34. The molecule has 0 spiro atoms. The van der Waals surface area contributed by atoms with Gasteiger partial charge in [0.05, 0.1) is 11.1 Å². The molecule has 1 aromatic heterocycles. The Balaban J connectivity index is 2.06. The molecule has 1 aliphatic carbocycles. The molecule has 0 unspecified atom stereocenters. The molecule has 3 N–H and O–H groups in total. The van der Waals surface area contributed by atoms with E-state index >= 15 is 0 Å². The van der Waals surface area contributed by atoms with E-state index in [1.165, 1.54) is 16.8 Å². The van der Waals surface area contributed by atoms with Crippen molar-refractivity contribution >= 4 is 11.6 Å². The number of carbonyl (C=O) groups is 1. The molecule has 7 heteroatoms. The van der Waals surface area contributed by atoms with Crippen LogP contribution in [0.3, 0.4) is 0 Å². The van der Waals surface area contributed by atoms with Gasteiger partial charge < -0.3 is 15.6 Å². The van der Waals surface area contributed by atoms with Crippen LogP contribution in [0.4, 0.5) is 5.69 Å². The third kappa shape index (κ3) is 2.28. The van der Waals surface area contributed by atoms with Crippen molar-refractivity contribution in [3.05, 3.63) is 28.1 Å². The van der Waals surface area contributed by atoms with Crippen LogP contribution in [0.2, 0.25) is 0 Å². The molecule has 1 amide bonds. The van der Waals surface area contributed by atoms with Crippen LogP contribution in [0.5, 0.6) is 0 Å². The van der Waals surface area contributed by atoms with Crippen LogP contribution >= 0.6 is 0 Å². The first-order chi connectivity index (χ1) is 7.97. The van der Waals surface area contributed by atoms with E-state index in [-0.39, 0.29) is 29.4 Å². The summed E-state index contributed by atoms with van der Waals surface area (Å²) in [7, 11) is 1.61. The van der Waals surface area contributed by atoms with Crippen molar-refractivity contribution < 1.29 is 9.72 Å². The van der Waals surface area contributed by atoms with E-state index < -0.39 is 4.92 Å². The number of nitrogens with two attached hydrogens (primary N) is 1. The van der Waals surface area contributed by atoms with E-state index in [1.54, 1.807) is 7.05 Å². The second-order valence-corrected chi connectivity index (χ2v) is 4.35. The van der Waals surface area contributed by atoms with E-state index in [0.29, 0.717) is 0 Å². The van der Waals surface area contributed by atoms with Gasteiger partial charge in [0.1, 0.15) is 5.69 Å².